The van der Waals surface area contributed by atoms with E-state index < -0.39 is 6.09 Å². The molecule has 154 valence electrons. The third kappa shape index (κ3) is 4.20. The molecule has 0 bridgehead atoms. The first-order valence-electron chi connectivity index (χ1n) is 9.88. The van der Waals surface area contributed by atoms with Crippen LogP contribution in [0.3, 0.4) is 0 Å². The second-order valence-corrected chi connectivity index (χ2v) is 7.35. The van der Waals surface area contributed by atoms with E-state index in [0.29, 0.717) is 18.8 Å². The van der Waals surface area contributed by atoms with Crippen molar-refractivity contribution in [2.24, 2.45) is 0 Å². The van der Waals surface area contributed by atoms with E-state index in [2.05, 4.69) is 17.5 Å². The lowest BCUT2D eigenvalue weighted by Gasteiger charge is -2.15. The first kappa shape index (κ1) is 19.7. The van der Waals surface area contributed by atoms with Crippen LogP contribution >= 0.6 is 0 Å². The summed E-state index contributed by atoms with van der Waals surface area (Å²) in [5, 5.41) is 2.67. The Morgan fingerprint density at radius 3 is 2.30 bits per heavy atom. The minimum Gasteiger partial charge on any atom is -0.442 e. The first-order chi connectivity index (χ1) is 14.5. The second-order valence-electron chi connectivity index (χ2n) is 7.35. The fraction of sp³-hybridized carbons (Fsp3) is 0.261. The molecule has 1 N–H and O–H groups in total. The summed E-state index contributed by atoms with van der Waals surface area (Å²) in [6, 6.07) is 14.8. The van der Waals surface area contributed by atoms with Gasteiger partial charge < -0.3 is 15.0 Å². The quantitative estimate of drug-likeness (QED) is 0.774. The molecule has 1 saturated heterocycles. The van der Waals surface area contributed by atoms with E-state index in [1.165, 1.54) is 6.92 Å². The number of amides is 2. The molecule has 1 fully saturated rings. The fourth-order valence-corrected chi connectivity index (χ4v) is 3.62. The highest BCUT2D eigenvalue weighted by Crippen LogP contribution is 2.26. The molecule has 1 unspecified atom stereocenters. The number of hydrogen-bond donors (Lipinski definition) is 1. The molecule has 4 rings (SSSR count). The highest BCUT2D eigenvalue weighted by Gasteiger charge is 2.32. The summed E-state index contributed by atoms with van der Waals surface area (Å²) in [7, 11) is 0. The van der Waals surface area contributed by atoms with Gasteiger partial charge in [0.1, 0.15) is 6.10 Å². The van der Waals surface area contributed by atoms with Crippen molar-refractivity contribution in [3.05, 3.63) is 70.9 Å². The predicted molar refractivity (Wildman–Crippen MR) is 116 cm³/mol. The molecule has 7 heteroatoms. The van der Waals surface area contributed by atoms with Gasteiger partial charge in [0.05, 0.1) is 18.8 Å². The lowest BCUT2D eigenvalue weighted by molar-refractivity contribution is -0.119. The minimum absolute atomic E-state index is 0.00778. The molecule has 2 aliphatic rings. The Labute approximate surface area is 174 Å². The lowest BCUT2D eigenvalue weighted by Crippen LogP contribution is -2.33. The summed E-state index contributed by atoms with van der Waals surface area (Å²) in [5.41, 5.74) is 3.27. The summed E-state index contributed by atoms with van der Waals surface area (Å²) in [4.78, 5) is 39.2. The second kappa shape index (κ2) is 8.41. The third-order valence-corrected chi connectivity index (χ3v) is 5.21. The summed E-state index contributed by atoms with van der Waals surface area (Å²) in [6.45, 7) is 3.60. The van der Waals surface area contributed by atoms with Crippen molar-refractivity contribution in [2.45, 2.75) is 13.0 Å². The van der Waals surface area contributed by atoms with Gasteiger partial charge in [-0.2, -0.15) is 0 Å². The van der Waals surface area contributed by atoms with Crippen molar-refractivity contribution in [1.82, 2.24) is 5.32 Å². The normalized spacial score (nSPS) is 17.9. The first-order valence-corrected chi connectivity index (χ1v) is 9.88. The van der Waals surface area contributed by atoms with Crippen LogP contribution in [0.25, 0.3) is 11.1 Å². The largest absolute Gasteiger partial charge is 0.442 e. The van der Waals surface area contributed by atoms with Crippen LogP contribution < -0.4 is 20.5 Å². The van der Waals surface area contributed by atoms with Gasteiger partial charge in [-0.3, -0.25) is 14.5 Å². The molecule has 7 nitrogen and oxygen atoms in total. The number of nitrogens with zero attached hydrogens (tertiary/aromatic N) is 2. The number of anilines is 2. The molecular formula is C23H23N3O4. The van der Waals surface area contributed by atoms with Crippen LogP contribution in [0.2, 0.25) is 0 Å². The van der Waals surface area contributed by atoms with Crippen LogP contribution in [0, 0.1) is 0 Å². The highest BCUT2D eigenvalue weighted by atomic mass is 16.6. The highest BCUT2D eigenvalue weighted by molar-refractivity contribution is 5.90. The van der Waals surface area contributed by atoms with E-state index in [-0.39, 0.29) is 17.4 Å². The molecule has 0 spiro atoms. The molecule has 1 atom stereocenters. The van der Waals surface area contributed by atoms with Crippen LogP contribution in [-0.4, -0.2) is 44.3 Å². The van der Waals surface area contributed by atoms with E-state index in [1.807, 2.05) is 47.4 Å². The Morgan fingerprint density at radius 2 is 1.63 bits per heavy atom. The van der Waals surface area contributed by atoms with Crippen molar-refractivity contribution in [3.63, 3.8) is 0 Å². The zero-order chi connectivity index (χ0) is 21.1. The summed E-state index contributed by atoms with van der Waals surface area (Å²) in [6.07, 6.45) is 3.30. The number of benzene rings is 1. The number of ether oxygens (including phenoxy) is 1. The van der Waals surface area contributed by atoms with E-state index in [0.717, 1.165) is 29.9 Å². The average molecular weight is 405 g/mol. The van der Waals surface area contributed by atoms with Crippen molar-refractivity contribution in [3.8, 4) is 11.1 Å². The third-order valence-electron chi connectivity index (χ3n) is 5.21. The van der Waals surface area contributed by atoms with Gasteiger partial charge in [-0.05, 0) is 35.4 Å². The van der Waals surface area contributed by atoms with Crippen LogP contribution in [0.4, 0.5) is 16.2 Å². The number of carbonyl (C=O) groups excluding carboxylic acids is 2. The van der Waals surface area contributed by atoms with Crippen molar-refractivity contribution in [1.29, 1.82) is 0 Å². The maximum absolute atomic E-state index is 12.4. The monoisotopic (exact) mass is 405 g/mol. The SMILES string of the molecule is CC(=O)NCC1CN(c2ccc(-c3ccc(N4CC=CC4)c(=O)cc3)cc2)C(=O)O1. The van der Waals surface area contributed by atoms with Crippen molar-refractivity contribution in [2.75, 3.05) is 36.0 Å². The van der Waals surface area contributed by atoms with E-state index in [4.69, 9.17) is 4.74 Å². The molecular weight excluding hydrogens is 382 g/mol. The Balaban J connectivity index is 1.50. The zero-order valence-electron chi connectivity index (χ0n) is 16.7. The van der Waals surface area contributed by atoms with Gasteiger partial charge in [-0.25, -0.2) is 4.79 Å². The standard InChI is InChI=1S/C23H23N3O4/c1-16(27)24-14-20-15-26(23(29)30-20)19-8-4-17(5-9-19)18-6-10-21(22(28)11-7-18)25-12-2-3-13-25/h2-11,20H,12-15H2,1H3,(H,24,27). The maximum atomic E-state index is 12.4. The average Bonchev–Trinajstić information content (AvgIpc) is 3.35. The van der Waals surface area contributed by atoms with Gasteiger partial charge in [-0.15, -0.1) is 0 Å². The Hall–Kier alpha value is -3.61. The zero-order valence-corrected chi connectivity index (χ0v) is 16.7. The van der Waals surface area contributed by atoms with Gasteiger partial charge in [0.2, 0.25) is 11.3 Å². The number of cyclic esters (lactones) is 1. The Bertz CT molecular complexity index is 1040. The van der Waals surface area contributed by atoms with Gasteiger partial charge in [0.15, 0.2) is 0 Å². The Kier molecular flexibility index (Phi) is 5.52. The number of hydrogen-bond acceptors (Lipinski definition) is 5. The van der Waals surface area contributed by atoms with Crippen LogP contribution in [0.15, 0.2) is 65.5 Å². The summed E-state index contributed by atoms with van der Waals surface area (Å²) < 4.78 is 5.31. The van der Waals surface area contributed by atoms with E-state index in [1.54, 1.807) is 11.0 Å². The predicted octanol–water partition coefficient (Wildman–Crippen LogP) is 2.55. The topological polar surface area (TPSA) is 79.0 Å². The van der Waals surface area contributed by atoms with E-state index in [9.17, 15) is 14.4 Å². The van der Waals surface area contributed by atoms with E-state index >= 15 is 0 Å². The maximum Gasteiger partial charge on any atom is 0.414 e. The molecule has 2 heterocycles. The van der Waals surface area contributed by atoms with Crippen LogP contribution in [0.1, 0.15) is 6.92 Å². The summed E-state index contributed by atoms with van der Waals surface area (Å²) in [5.74, 6) is -0.157. The summed E-state index contributed by atoms with van der Waals surface area (Å²) >= 11 is 0. The molecule has 2 aliphatic heterocycles. The molecule has 2 amide bonds. The Morgan fingerprint density at radius 1 is 1.00 bits per heavy atom. The van der Waals surface area contributed by atoms with Crippen LogP contribution in [-0.2, 0) is 9.53 Å². The molecule has 2 aromatic carbocycles. The van der Waals surface area contributed by atoms with Crippen LogP contribution in [0.5, 0.6) is 0 Å². The molecule has 2 aromatic rings. The molecule has 0 radical (unpaired) electrons. The van der Waals surface area contributed by atoms with Gasteiger partial charge in [-0.1, -0.05) is 36.4 Å². The molecule has 0 saturated carbocycles. The van der Waals surface area contributed by atoms with Gasteiger partial charge in [0, 0.05) is 25.7 Å². The number of nitrogens with one attached hydrogen (secondary N) is 1. The lowest BCUT2D eigenvalue weighted by atomic mass is 10.1. The van der Waals surface area contributed by atoms with Gasteiger partial charge >= 0.3 is 6.09 Å². The number of carbonyl (C=O) groups is 2. The molecule has 30 heavy (non-hydrogen) atoms. The van der Waals surface area contributed by atoms with Crippen molar-refractivity contribution < 1.29 is 14.3 Å². The van der Waals surface area contributed by atoms with Crippen molar-refractivity contribution >= 4 is 23.4 Å². The molecule has 0 aliphatic carbocycles. The minimum atomic E-state index is -0.427. The molecule has 0 aromatic heterocycles. The smallest absolute Gasteiger partial charge is 0.414 e. The van der Waals surface area contributed by atoms with Gasteiger partial charge in [0.25, 0.3) is 0 Å². The number of rotatable bonds is 5. The fourth-order valence-electron chi connectivity index (χ4n) is 3.62.